The first kappa shape index (κ1) is 14.0. The maximum atomic E-state index is 5.98. The molecule has 0 fully saturated rings. The smallest absolute Gasteiger partial charge is 0.216 e. The topological polar surface area (TPSA) is 65.4 Å². The molecule has 2 N–H and O–H groups in total. The minimum Gasteiger partial charge on any atom is -0.491 e. The van der Waals surface area contributed by atoms with E-state index in [0.29, 0.717) is 0 Å². The van der Waals surface area contributed by atoms with Crippen LogP contribution in [0.5, 0.6) is 5.75 Å². The molecule has 3 aromatic rings. The van der Waals surface area contributed by atoms with Crippen molar-refractivity contribution in [3.63, 3.8) is 0 Å². The van der Waals surface area contributed by atoms with Crippen LogP contribution in [0.4, 0.5) is 0 Å². The Morgan fingerprint density at radius 3 is 2.76 bits per heavy atom. The number of thiazole rings is 1. The molecule has 5 nitrogen and oxygen atoms in total. The summed E-state index contributed by atoms with van der Waals surface area (Å²) in [7, 11) is 0. The zero-order valence-electron chi connectivity index (χ0n) is 12.3. The fraction of sp³-hybridized carbons (Fsp3) is 0.333. The summed E-state index contributed by atoms with van der Waals surface area (Å²) < 4.78 is 7.78. The van der Waals surface area contributed by atoms with Gasteiger partial charge >= 0.3 is 0 Å². The minimum atomic E-state index is -0.163. The highest BCUT2D eigenvalue weighted by atomic mass is 32.1. The summed E-state index contributed by atoms with van der Waals surface area (Å²) >= 11 is 1.56. The van der Waals surface area contributed by atoms with E-state index in [9.17, 15) is 0 Å². The zero-order chi connectivity index (χ0) is 15.0. The normalized spacial score (nSPS) is 13.0. The van der Waals surface area contributed by atoms with Crippen LogP contribution in [0, 0.1) is 0 Å². The van der Waals surface area contributed by atoms with Gasteiger partial charge in [-0.15, -0.1) is 21.5 Å². The fourth-order valence-electron chi connectivity index (χ4n) is 2.24. The molecule has 0 saturated heterocycles. The lowest BCUT2D eigenvalue weighted by molar-refractivity contribution is 0.242. The van der Waals surface area contributed by atoms with Crippen LogP contribution >= 0.6 is 11.3 Å². The number of hydrogen-bond donors (Lipinski definition) is 1. The van der Waals surface area contributed by atoms with Gasteiger partial charge in [0.25, 0.3) is 0 Å². The van der Waals surface area contributed by atoms with E-state index in [0.717, 1.165) is 27.8 Å². The first-order valence-electron chi connectivity index (χ1n) is 6.91. The quantitative estimate of drug-likeness (QED) is 0.803. The predicted octanol–water partition coefficient (Wildman–Crippen LogP) is 3.26. The van der Waals surface area contributed by atoms with Gasteiger partial charge in [-0.3, -0.25) is 4.40 Å². The largest absolute Gasteiger partial charge is 0.491 e. The molecule has 0 aliphatic rings. The SMILES string of the molecule is CC(C)Oc1cccc(-c2csc3nnc(C(C)N)n23)c1. The van der Waals surface area contributed by atoms with Gasteiger partial charge in [-0.2, -0.15) is 0 Å². The molecule has 0 aliphatic carbocycles. The Morgan fingerprint density at radius 2 is 2.05 bits per heavy atom. The second-order valence-corrected chi connectivity index (χ2v) is 6.12. The summed E-state index contributed by atoms with van der Waals surface area (Å²) in [4.78, 5) is 0.854. The Bertz CT molecular complexity index is 760. The van der Waals surface area contributed by atoms with E-state index in [1.807, 2.05) is 43.4 Å². The molecule has 2 aromatic heterocycles. The van der Waals surface area contributed by atoms with E-state index in [4.69, 9.17) is 10.5 Å². The van der Waals surface area contributed by atoms with Gasteiger partial charge in [-0.25, -0.2) is 0 Å². The van der Waals surface area contributed by atoms with Crippen LogP contribution in [0.3, 0.4) is 0 Å². The molecule has 6 heteroatoms. The van der Waals surface area contributed by atoms with Crippen molar-refractivity contribution in [1.82, 2.24) is 14.6 Å². The zero-order valence-corrected chi connectivity index (χ0v) is 13.1. The molecule has 1 aromatic carbocycles. The van der Waals surface area contributed by atoms with Crippen LogP contribution < -0.4 is 10.5 Å². The number of benzene rings is 1. The molecular weight excluding hydrogens is 284 g/mol. The summed E-state index contributed by atoms with van der Waals surface area (Å²) in [6.45, 7) is 5.95. The average Bonchev–Trinajstić information content (AvgIpc) is 2.98. The molecule has 2 heterocycles. The first-order chi connectivity index (χ1) is 10.1. The first-order valence-corrected chi connectivity index (χ1v) is 7.79. The number of fused-ring (bicyclic) bond motifs is 1. The predicted molar refractivity (Wildman–Crippen MR) is 84.7 cm³/mol. The number of nitrogens with zero attached hydrogens (tertiary/aromatic N) is 3. The summed E-state index contributed by atoms with van der Waals surface area (Å²) in [6.07, 6.45) is 0.150. The highest BCUT2D eigenvalue weighted by Crippen LogP contribution is 2.30. The van der Waals surface area contributed by atoms with Crippen LogP contribution in [0.15, 0.2) is 29.6 Å². The highest BCUT2D eigenvalue weighted by molar-refractivity contribution is 7.15. The van der Waals surface area contributed by atoms with Gasteiger partial charge in [0, 0.05) is 10.9 Å². The van der Waals surface area contributed by atoms with Crippen molar-refractivity contribution in [2.24, 2.45) is 5.73 Å². The average molecular weight is 302 g/mol. The molecule has 21 heavy (non-hydrogen) atoms. The molecule has 1 atom stereocenters. The Morgan fingerprint density at radius 1 is 1.24 bits per heavy atom. The number of aromatic nitrogens is 3. The van der Waals surface area contributed by atoms with Crippen LogP contribution in [0.1, 0.15) is 32.6 Å². The number of ether oxygens (including phenoxy) is 1. The van der Waals surface area contributed by atoms with E-state index in [2.05, 4.69) is 21.6 Å². The molecule has 0 aliphatic heterocycles. The summed E-state index contributed by atoms with van der Waals surface area (Å²) in [5, 5.41) is 10.4. The summed E-state index contributed by atoms with van der Waals surface area (Å²) in [5.74, 6) is 1.63. The summed E-state index contributed by atoms with van der Waals surface area (Å²) in [6, 6.07) is 7.88. The van der Waals surface area contributed by atoms with Gasteiger partial charge in [0.1, 0.15) is 5.75 Å². The van der Waals surface area contributed by atoms with Crippen molar-refractivity contribution in [3.05, 3.63) is 35.5 Å². The van der Waals surface area contributed by atoms with Crippen molar-refractivity contribution in [2.75, 3.05) is 0 Å². The highest BCUT2D eigenvalue weighted by Gasteiger charge is 2.16. The van der Waals surface area contributed by atoms with Crippen molar-refractivity contribution in [1.29, 1.82) is 0 Å². The molecule has 0 bridgehead atoms. The van der Waals surface area contributed by atoms with E-state index in [1.165, 1.54) is 0 Å². The molecule has 110 valence electrons. The van der Waals surface area contributed by atoms with E-state index in [1.54, 1.807) is 11.3 Å². The second kappa shape index (κ2) is 5.46. The monoisotopic (exact) mass is 302 g/mol. The van der Waals surface area contributed by atoms with Crippen LogP contribution in [-0.2, 0) is 0 Å². The molecule has 1 unspecified atom stereocenters. The van der Waals surface area contributed by atoms with Gasteiger partial charge in [-0.1, -0.05) is 12.1 Å². The fourth-order valence-corrected chi connectivity index (χ4v) is 3.08. The van der Waals surface area contributed by atoms with Gasteiger partial charge in [0.05, 0.1) is 17.8 Å². The van der Waals surface area contributed by atoms with Gasteiger partial charge in [0.2, 0.25) is 4.96 Å². The molecular formula is C15H18N4OS. The molecule has 0 saturated carbocycles. The van der Waals surface area contributed by atoms with Crippen molar-refractivity contribution < 1.29 is 4.74 Å². The van der Waals surface area contributed by atoms with Crippen molar-refractivity contribution in [3.8, 4) is 17.0 Å². The maximum Gasteiger partial charge on any atom is 0.216 e. The third-order valence-corrected chi connectivity index (χ3v) is 3.90. The van der Waals surface area contributed by atoms with Gasteiger partial charge < -0.3 is 10.5 Å². The number of hydrogen-bond acceptors (Lipinski definition) is 5. The molecule has 0 amide bonds. The standard InChI is InChI=1S/C15H18N4OS/c1-9(2)20-12-6-4-5-11(7-12)13-8-21-15-18-17-14(10(3)16)19(13)15/h4-10H,16H2,1-3H3. The Kier molecular flexibility index (Phi) is 3.65. The maximum absolute atomic E-state index is 5.98. The van der Waals surface area contributed by atoms with E-state index < -0.39 is 0 Å². The van der Waals surface area contributed by atoms with Gasteiger partial charge in [-0.05, 0) is 32.9 Å². The van der Waals surface area contributed by atoms with E-state index in [-0.39, 0.29) is 12.1 Å². The Hall–Kier alpha value is -1.92. The molecule has 0 radical (unpaired) electrons. The Labute approximate surface area is 127 Å². The third-order valence-electron chi connectivity index (χ3n) is 3.08. The van der Waals surface area contributed by atoms with E-state index >= 15 is 0 Å². The van der Waals surface area contributed by atoms with Crippen LogP contribution in [0.25, 0.3) is 16.2 Å². The Balaban J connectivity index is 2.10. The lowest BCUT2D eigenvalue weighted by Gasteiger charge is -2.11. The number of nitrogens with two attached hydrogens (primary N) is 1. The third kappa shape index (κ3) is 2.64. The minimum absolute atomic E-state index is 0.150. The second-order valence-electron chi connectivity index (χ2n) is 5.28. The molecule has 3 rings (SSSR count). The number of rotatable bonds is 4. The lowest BCUT2D eigenvalue weighted by atomic mass is 10.1. The van der Waals surface area contributed by atoms with Crippen LogP contribution in [0.2, 0.25) is 0 Å². The van der Waals surface area contributed by atoms with Crippen LogP contribution in [-0.4, -0.2) is 20.7 Å². The van der Waals surface area contributed by atoms with Gasteiger partial charge in [0.15, 0.2) is 5.82 Å². The summed E-state index contributed by atoms with van der Waals surface area (Å²) in [5.41, 5.74) is 8.10. The van der Waals surface area contributed by atoms with Crippen molar-refractivity contribution in [2.45, 2.75) is 32.9 Å². The van der Waals surface area contributed by atoms with Crippen molar-refractivity contribution >= 4 is 16.3 Å². The molecule has 0 spiro atoms. The lowest BCUT2D eigenvalue weighted by Crippen LogP contribution is -2.10.